The number of hydrogen-bond donors (Lipinski definition) is 2. The molecule has 2 rings (SSSR count). The minimum Gasteiger partial charge on any atom is -0.392 e. The molecular weight excluding hydrogens is 185 g/mol. The molecule has 0 aliphatic carbocycles. The highest BCUT2D eigenvalue weighted by atomic mass is 16.3. The van der Waals surface area contributed by atoms with Gasteiger partial charge in [-0.15, -0.1) is 0 Å². The van der Waals surface area contributed by atoms with E-state index in [0.717, 1.165) is 25.6 Å². The lowest BCUT2D eigenvalue weighted by atomic mass is 9.61. The minimum atomic E-state index is -0.182. The molecule has 2 nitrogen and oxygen atoms in total. The van der Waals surface area contributed by atoms with Gasteiger partial charge in [-0.25, -0.2) is 0 Å². The number of aliphatic hydroxyl groups is 1. The summed E-state index contributed by atoms with van der Waals surface area (Å²) >= 11 is 0. The van der Waals surface area contributed by atoms with Crippen LogP contribution in [-0.4, -0.2) is 24.5 Å². The number of benzene rings is 1. The van der Waals surface area contributed by atoms with Gasteiger partial charge in [0.2, 0.25) is 0 Å². The second kappa shape index (κ2) is 5.33. The van der Waals surface area contributed by atoms with E-state index >= 15 is 0 Å². The number of rotatable bonds is 3. The molecule has 1 heterocycles. The fourth-order valence-corrected chi connectivity index (χ4v) is 2.01. The number of hydrogen-bond acceptors (Lipinski definition) is 2. The van der Waals surface area contributed by atoms with Crippen LogP contribution in [0.5, 0.6) is 0 Å². The van der Waals surface area contributed by atoms with Gasteiger partial charge in [0.1, 0.15) is 7.28 Å². The lowest BCUT2D eigenvalue weighted by molar-refractivity contribution is 0.124. The largest absolute Gasteiger partial charge is 0.392 e. The van der Waals surface area contributed by atoms with E-state index in [4.69, 9.17) is 0 Å². The first-order valence-corrected chi connectivity index (χ1v) is 5.63. The van der Waals surface area contributed by atoms with E-state index in [0.29, 0.717) is 0 Å². The lowest BCUT2D eigenvalue weighted by Gasteiger charge is -2.28. The fourth-order valence-electron chi connectivity index (χ4n) is 2.01. The van der Waals surface area contributed by atoms with E-state index in [1.54, 1.807) is 0 Å². The smallest absolute Gasteiger partial charge is 0.111 e. The van der Waals surface area contributed by atoms with Crippen molar-refractivity contribution < 1.29 is 5.11 Å². The highest BCUT2D eigenvalue weighted by Crippen LogP contribution is 2.14. The van der Waals surface area contributed by atoms with Crippen LogP contribution in [-0.2, 0) is 6.54 Å². The maximum atomic E-state index is 9.76. The van der Waals surface area contributed by atoms with Crippen molar-refractivity contribution in [3.05, 3.63) is 35.9 Å². The Bertz CT molecular complexity index is 291. The van der Waals surface area contributed by atoms with Gasteiger partial charge in [-0.1, -0.05) is 43.0 Å². The Morgan fingerprint density at radius 2 is 2.13 bits per heavy atom. The molecule has 15 heavy (non-hydrogen) atoms. The predicted molar refractivity (Wildman–Crippen MR) is 63.1 cm³/mol. The minimum absolute atomic E-state index is 0.182. The lowest BCUT2D eigenvalue weighted by Crippen LogP contribution is -2.42. The van der Waals surface area contributed by atoms with E-state index in [1.165, 1.54) is 5.56 Å². The van der Waals surface area contributed by atoms with Crippen LogP contribution in [0, 0.1) is 0 Å². The highest BCUT2D eigenvalue weighted by Gasteiger charge is 2.22. The Labute approximate surface area is 91.9 Å². The maximum absolute atomic E-state index is 9.76. The standard InChI is InChI=1S/C12H17BNO/c15-12-6-7-13-8-11(12)14-9-10-4-2-1-3-5-10/h1-5,11-12,14-15H,6-9H2/t11-,12-/m0/s1. The van der Waals surface area contributed by atoms with Gasteiger partial charge < -0.3 is 10.4 Å². The first-order valence-electron chi connectivity index (χ1n) is 5.63. The van der Waals surface area contributed by atoms with Crippen LogP contribution in [0.15, 0.2) is 30.3 Å². The summed E-state index contributed by atoms with van der Waals surface area (Å²) in [5.74, 6) is 0. The molecule has 1 radical (unpaired) electrons. The van der Waals surface area contributed by atoms with E-state index < -0.39 is 0 Å². The predicted octanol–water partition coefficient (Wildman–Crippen LogP) is 1.45. The Balaban J connectivity index is 1.82. The Hall–Kier alpha value is -0.795. The maximum Gasteiger partial charge on any atom is 0.111 e. The quantitative estimate of drug-likeness (QED) is 0.727. The average Bonchev–Trinajstić information content (AvgIpc) is 2.29. The van der Waals surface area contributed by atoms with Crippen LogP contribution in [0.1, 0.15) is 12.0 Å². The molecule has 0 spiro atoms. The molecule has 1 aromatic rings. The van der Waals surface area contributed by atoms with Crippen molar-refractivity contribution in [1.29, 1.82) is 0 Å². The second-order valence-corrected chi connectivity index (χ2v) is 4.14. The Morgan fingerprint density at radius 1 is 1.33 bits per heavy atom. The van der Waals surface area contributed by atoms with Crippen molar-refractivity contribution in [2.24, 2.45) is 0 Å². The summed E-state index contributed by atoms with van der Waals surface area (Å²) < 4.78 is 0. The van der Waals surface area contributed by atoms with E-state index in [1.807, 2.05) is 18.2 Å². The zero-order valence-electron chi connectivity index (χ0n) is 8.89. The summed E-state index contributed by atoms with van der Waals surface area (Å²) in [7, 11) is 2.26. The molecule has 1 aliphatic rings. The topological polar surface area (TPSA) is 32.3 Å². The van der Waals surface area contributed by atoms with Crippen LogP contribution in [0.4, 0.5) is 0 Å². The summed E-state index contributed by atoms with van der Waals surface area (Å²) in [5.41, 5.74) is 1.27. The summed E-state index contributed by atoms with van der Waals surface area (Å²) in [6, 6.07) is 10.5. The summed E-state index contributed by atoms with van der Waals surface area (Å²) in [5, 5.41) is 13.2. The first-order chi connectivity index (χ1) is 7.36. The van der Waals surface area contributed by atoms with Crippen LogP contribution in [0.3, 0.4) is 0 Å². The van der Waals surface area contributed by atoms with Gasteiger partial charge in [0.05, 0.1) is 6.10 Å². The number of nitrogens with one attached hydrogen (secondary N) is 1. The third-order valence-corrected chi connectivity index (χ3v) is 2.96. The van der Waals surface area contributed by atoms with Crippen LogP contribution >= 0.6 is 0 Å². The number of aliphatic hydroxyl groups excluding tert-OH is 1. The molecule has 1 aliphatic heterocycles. The molecule has 79 valence electrons. The molecule has 2 N–H and O–H groups in total. The molecule has 0 aromatic heterocycles. The molecule has 1 aromatic carbocycles. The van der Waals surface area contributed by atoms with Gasteiger partial charge in [-0.2, -0.15) is 0 Å². The summed E-state index contributed by atoms with van der Waals surface area (Å²) in [6.45, 7) is 0.844. The zero-order valence-corrected chi connectivity index (χ0v) is 8.89. The highest BCUT2D eigenvalue weighted by molar-refractivity contribution is 6.36. The van der Waals surface area contributed by atoms with Crippen molar-refractivity contribution in [3.8, 4) is 0 Å². The molecule has 2 atom stereocenters. The van der Waals surface area contributed by atoms with Crippen LogP contribution < -0.4 is 5.32 Å². The van der Waals surface area contributed by atoms with Gasteiger partial charge >= 0.3 is 0 Å². The SMILES string of the molecule is O[C@H]1CC[B]C[C@@H]1NCc1ccccc1. The second-order valence-electron chi connectivity index (χ2n) is 4.14. The van der Waals surface area contributed by atoms with Crippen molar-refractivity contribution in [2.45, 2.75) is 37.8 Å². The van der Waals surface area contributed by atoms with Gasteiger partial charge in [0.15, 0.2) is 0 Å². The van der Waals surface area contributed by atoms with Crippen molar-refractivity contribution in [3.63, 3.8) is 0 Å². The fraction of sp³-hybridized carbons (Fsp3) is 0.500. The third-order valence-electron chi connectivity index (χ3n) is 2.96. The molecule has 0 bridgehead atoms. The monoisotopic (exact) mass is 202 g/mol. The summed E-state index contributed by atoms with van der Waals surface area (Å²) in [6.07, 6.45) is 2.74. The van der Waals surface area contributed by atoms with Crippen LogP contribution in [0.25, 0.3) is 0 Å². The molecule has 0 unspecified atom stereocenters. The molecule has 0 amide bonds. The van der Waals surface area contributed by atoms with Gasteiger partial charge in [0.25, 0.3) is 0 Å². The van der Waals surface area contributed by atoms with Crippen molar-refractivity contribution >= 4 is 7.28 Å². The molecular formula is C12H17BNO. The Kier molecular flexibility index (Phi) is 3.81. The van der Waals surface area contributed by atoms with Crippen LogP contribution in [0.2, 0.25) is 12.6 Å². The van der Waals surface area contributed by atoms with Crippen molar-refractivity contribution in [1.82, 2.24) is 5.32 Å². The average molecular weight is 202 g/mol. The zero-order chi connectivity index (χ0) is 10.5. The van der Waals surface area contributed by atoms with Gasteiger partial charge in [-0.3, -0.25) is 0 Å². The molecule has 1 saturated heterocycles. The first kappa shape index (κ1) is 10.7. The van der Waals surface area contributed by atoms with E-state index in [-0.39, 0.29) is 12.1 Å². The molecule has 0 saturated carbocycles. The van der Waals surface area contributed by atoms with E-state index in [9.17, 15) is 5.11 Å². The van der Waals surface area contributed by atoms with Crippen molar-refractivity contribution in [2.75, 3.05) is 0 Å². The Morgan fingerprint density at radius 3 is 2.87 bits per heavy atom. The summed E-state index contributed by atoms with van der Waals surface area (Å²) in [4.78, 5) is 0. The molecule has 1 fully saturated rings. The van der Waals surface area contributed by atoms with Gasteiger partial charge in [0, 0.05) is 12.6 Å². The van der Waals surface area contributed by atoms with Gasteiger partial charge in [-0.05, 0) is 12.0 Å². The van der Waals surface area contributed by atoms with E-state index in [2.05, 4.69) is 24.7 Å². The molecule has 3 heteroatoms. The third kappa shape index (κ3) is 3.08. The normalized spacial score (nSPS) is 25.9.